The number of halogens is 3. The van der Waals surface area contributed by atoms with E-state index in [2.05, 4.69) is 19.2 Å². The summed E-state index contributed by atoms with van der Waals surface area (Å²) >= 11 is 0. The van der Waals surface area contributed by atoms with Crippen molar-refractivity contribution >= 4 is 0 Å². The van der Waals surface area contributed by atoms with E-state index in [1.807, 2.05) is 0 Å². The minimum atomic E-state index is -4.24. The molecular weight excluding hydrogens is 239 g/mol. The molecule has 1 aromatic rings. The molecule has 0 aromatic heterocycles. The highest BCUT2D eigenvalue weighted by molar-refractivity contribution is 5.24. The van der Waals surface area contributed by atoms with E-state index in [9.17, 15) is 13.2 Å². The van der Waals surface area contributed by atoms with Crippen molar-refractivity contribution in [3.05, 3.63) is 35.4 Å². The summed E-state index contributed by atoms with van der Waals surface area (Å²) in [7, 11) is 0. The molecule has 1 atom stereocenters. The summed E-state index contributed by atoms with van der Waals surface area (Å²) < 4.78 is 37.1. The van der Waals surface area contributed by atoms with Crippen LogP contribution in [0.15, 0.2) is 24.3 Å². The zero-order chi connectivity index (χ0) is 13.6. The third kappa shape index (κ3) is 5.08. The Balaban J connectivity index is 2.48. The molecule has 0 radical (unpaired) electrons. The molecule has 0 saturated carbocycles. The topological polar surface area (TPSA) is 12.0 Å². The van der Waals surface area contributed by atoms with Gasteiger partial charge in [-0.05, 0) is 49.5 Å². The normalized spacial score (nSPS) is 13.6. The van der Waals surface area contributed by atoms with Crippen molar-refractivity contribution in [2.45, 2.75) is 32.9 Å². The summed E-state index contributed by atoms with van der Waals surface area (Å²) in [5.74, 6) is 0.424. The van der Waals surface area contributed by atoms with E-state index >= 15 is 0 Å². The SMILES string of the molecule is CCCNCC(C)Cc1ccc(C(F)(F)F)cc1. The van der Waals surface area contributed by atoms with Gasteiger partial charge in [-0.3, -0.25) is 0 Å². The Morgan fingerprint density at radius 2 is 1.78 bits per heavy atom. The number of nitrogens with one attached hydrogen (secondary N) is 1. The summed E-state index contributed by atoms with van der Waals surface area (Å²) in [5.41, 5.74) is 0.372. The molecule has 4 heteroatoms. The van der Waals surface area contributed by atoms with Crippen LogP contribution in [-0.4, -0.2) is 13.1 Å². The number of rotatable bonds is 6. The van der Waals surface area contributed by atoms with Crippen LogP contribution in [0.4, 0.5) is 13.2 Å². The van der Waals surface area contributed by atoms with Gasteiger partial charge < -0.3 is 5.32 Å². The van der Waals surface area contributed by atoms with Gasteiger partial charge in [-0.1, -0.05) is 26.0 Å². The summed E-state index contributed by atoms with van der Waals surface area (Å²) in [4.78, 5) is 0. The van der Waals surface area contributed by atoms with E-state index in [0.29, 0.717) is 5.92 Å². The van der Waals surface area contributed by atoms with Crippen molar-refractivity contribution in [2.75, 3.05) is 13.1 Å². The van der Waals surface area contributed by atoms with E-state index < -0.39 is 11.7 Å². The zero-order valence-corrected chi connectivity index (χ0v) is 10.8. The zero-order valence-electron chi connectivity index (χ0n) is 10.8. The van der Waals surface area contributed by atoms with Gasteiger partial charge in [-0.2, -0.15) is 13.2 Å². The molecule has 1 aromatic carbocycles. The van der Waals surface area contributed by atoms with E-state index in [1.54, 1.807) is 12.1 Å². The van der Waals surface area contributed by atoms with Crippen LogP contribution in [0, 0.1) is 5.92 Å². The Morgan fingerprint density at radius 1 is 1.17 bits per heavy atom. The summed E-state index contributed by atoms with van der Waals surface area (Å²) in [5, 5.41) is 3.31. The highest BCUT2D eigenvalue weighted by Crippen LogP contribution is 2.29. The predicted octanol–water partition coefficient (Wildman–Crippen LogP) is 3.88. The molecule has 0 amide bonds. The molecule has 1 unspecified atom stereocenters. The standard InChI is InChI=1S/C14H20F3N/c1-3-8-18-10-11(2)9-12-4-6-13(7-5-12)14(15,16)17/h4-7,11,18H,3,8-10H2,1-2H3. The molecular formula is C14H20F3N. The van der Waals surface area contributed by atoms with Gasteiger partial charge in [0.2, 0.25) is 0 Å². The molecule has 0 spiro atoms. The lowest BCUT2D eigenvalue weighted by atomic mass is 10.00. The molecule has 1 rings (SSSR count). The number of hydrogen-bond acceptors (Lipinski definition) is 1. The second-order valence-electron chi connectivity index (χ2n) is 4.71. The lowest BCUT2D eigenvalue weighted by Crippen LogP contribution is -2.23. The Morgan fingerprint density at radius 3 is 2.28 bits per heavy atom. The van der Waals surface area contributed by atoms with Crippen LogP contribution < -0.4 is 5.32 Å². The van der Waals surface area contributed by atoms with Gasteiger partial charge in [-0.25, -0.2) is 0 Å². The smallest absolute Gasteiger partial charge is 0.316 e. The molecule has 0 aliphatic rings. The average Bonchev–Trinajstić information content (AvgIpc) is 2.29. The van der Waals surface area contributed by atoms with Crippen LogP contribution in [0.2, 0.25) is 0 Å². The molecule has 0 heterocycles. The fourth-order valence-corrected chi connectivity index (χ4v) is 1.83. The lowest BCUT2D eigenvalue weighted by Gasteiger charge is -2.13. The van der Waals surface area contributed by atoms with Crippen molar-refractivity contribution in [2.24, 2.45) is 5.92 Å². The van der Waals surface area contributed by atoms with E-state index in [-0.39, 0.29) is 0 Å². The van der Waals surface area contributed by atoms with Gasteiger partial charge in [0.25, 0.3) is 0 Å². The molecule has 0 aliphatic carbocycles. The first-order chi connectivity index (χ1) is 8.43. The largest absolute Gasteiger partial charge is 0.416 e. The van der Waals surface area contributed by atoms with E-state index in [0.717, 1.165) is 43.6 Å². The lowest BCUT2D eigenvalue weighted by molar-refractivity contribution is -0.137. The molecule has 1 N–H and O–H groups in total. The van der Waals surface area contributed by atoms with Crippen molar-refractivity contribution < 1.29 is 13.2 Å². The predicted molar refractivity (Wildman–Crippen MR) is 67.5 cm³/mol. The third-order valence-electron chi connectivity index (χ3n) is 2.79. The minimum absolute atomic E-state index is 0.424. The first-order valence-corrected chi connectivity index (χ1v) is 6.30. The fraction of sp³-hybridized carbons (Fsp3) is 0.571. The van der Waals surface area contributed by atoms with Crippen molar-refractivity contribution in [1.82, 2.24) is 5.32 Å². The number of hydrogen-bond donors (Lipinski definition) is 1. The molecule has 0 aliphatic heterocycles. The van der Waals surface area contributed by atoms with Crippen molar-refractivity contribution in [3.8, 4) is 0 Å². The maximum Gasteiger partial charge on any atom is 0.416 e. The van der Waals surface area contributed by atoms with Gasteiger partial charge in [0, 0.05) is 0 Å². The first-order valence-electron chi connectivity index (χ1n) is 6.30. The Labute approximate surface area is 106 Å². The molecule has 0 fully saturated rings. The summed E-state index contributed by atoms with van der Waals surface area (Å²) in [6, 6.07) is 5.45. The second kappa shape index (κ2) is 6.78. The van der Waals surface area contributed by atoms with Crippen LogP contribution in [0.1, 0.15) is 31.4 Å². The maximum atomic E-state index is 12.4. The van der Waals surface area contributed by atoms with Crippen LogP contribution in [0.5, 0.6) is 0 Å². The van der Waals surface area contributed by atoms with Gasteiger partial charge in [0.15, 0.2) is 0 Å². The highest BCUT2D eigenvalue weighted by atomic mass is 19.4. The number of alkyl halides is 3. The van der Waals surface area contributed by atoms with Crippen molar-refractivity contribution in [1.29, 1.82) is 0 Å². The molecule has 0 bridgehead atoms. The average molecular weight is 259 g/mol. The second-order valence-corrected chi connectivity index (χ2v) is 4.71. The third-order valence-corrected chi connectivity index (χ3v) is 2.79. The minimum Gasteiger partial charge on any atom is -0.316 e. The quantitative estimate of drug-likeness (QED) is 0.764. The van der Waals surface area contributed by atoms with Gasteiger partial charge in [0.1, 0.15) is 0 Å². The van der Waals surface area contributed by atoms with E-state index in [1.165, 1.54) is 0 Å². The summed E-state index contributed by atoms with van der Waals surface area (Å²) in [6.45, 7) is 6.08. The van der Waals surface area contributed by atoms with E-state index in [4.69, 9.17) is 0 Å². The van der Waals surface area contributed by atoms with Crippen LogP contribution in [0.25, 0.3) is 0 Å². The van der Waals surface area contributed by atoms with Gasteiger partial charge in [-0.15, -0.1) is 0 Å². The first kappa shape index (κ1) is 15.0. The molecule has 18 heavy (non-hydrogen) atoms. The molecule has 1 nitrogen and oxygen atoms in total. The molecule has 0 saturated heterocycles. The summed E-state index contributed by atoms with van der Waals surface area (Å²) in [6.07, 6.45) is -2.35. The highest BCUT2D eigenvalue weighted by Gasteiger charge is 2.29. The van der Waals surface area contributed by atoms with Crippen LogP contribution in [0.3, 0.4) is 0 Å². The fourth-order valence-electron chi connectivity index (χ4n) is 1.83. The maximum absolute atomic E-state index is 12.4. The Kier molecular flexibility index (Phi) is 5.66. The van der Waals surface area contributed by atoms with Gasteiger partial charge in [0.05, 0.1) is 5.56 Å². The number of benzene rings is 1. The van der Waals surface area contributed by atoms with Crippen LogP contribution in [-0.2, 0) is 12.6 Å². The monoisotopic (exact) mass is 259 g/mol. The van der Waals surface area contributed by atoms with Crippen LogP contribution >= 0.6 is 0 Å². The molecule has 102 valence electrons. The Hall–Kier alpha value is -1.03. The van der Waals surface area contributed by atoms with Gasteiger partial charge >= 0.3 is 6.18 Å². The van der Waals surface area contributed by atoms with Crippen molar-refractivity contribution in [3.63, 3.8) is 0 Å². The Bertz CT molecular complexity index is 343.